The molecule has 0 bridgehead atoms. The molecule has 5 aromatic rings. The molecule has 1 fully saturated rings. The summed E-state index contributed by atoms with van der Waals surface area (Å²) in [5.41, 5.74) is 6.70. The molecule has 14 nitrogen and oxygen atoms in total. The van der Waals surface area contributed by atoms with Crippen LogP contribution in [0, 0.1) is 5.82 Å². The van der Waals surface area contributed by atoms with Gasteiger partial charge in [-0.05, 0) is 24.3 Å². The highest BCUT2D eigenvalue weighted by Gasteiger charge is 2.21. The highest BCUT2D eigenvalue weighted by Crippen LogP contribution is 2.26. The van der Waals surface area contributed by atoms with Gasteiger partial charge in [0.2, 0.25) is 17.7 Å². The van der Waals surface area contributed by atoms with Crippen molar-refractivity contribution in [1.29, 1.82) is 0 Å². The number of ether oxygens (including phenoxy) is 1. The molecule has 4 aromatic heterocycles. The van der Waals surface area contributed by atoms with Gasteiger partial charge in [-0.2, -0.15) is 24.6 Å². The van der Waals surface area contributed by atoms with E-state index in [1.54, 1.807) is 48.6 Å². The summed E-state index contributed by atoms with van der Waals surface area (Å²) in [6, 6.07) is 8.49. The second-order valence-corrected chi connectivity index (χ2v) is 9.49. The first kappa shape index (κ1) is 25.5. The van der Waals surface area contributed by atoms with E-state index in [0.29, 0.717) is 60.2 Å². The van der Waals surface area contributed by atoms with E-state index in [1.807, 2.05) is 11.9 Å². The topological polar surface area (TPSA) is 145 Å². The molecule has 208 valence electrons. The van der Waals surface area contributed by atoms with E-state index in [9.17, 15) is 4.39 Å². The van der Waals surface area contributed by atoms with E-state index >= 15 is 0 Å². The SMILES string of the molecule is CN(CCN1CCN(c2ccc(OCc3ncn(C)n3)cc2F)CC1)c1nc(N)n2nc(-c3ccco3)nc2n1. The molecule has 0 amide bonds. The third-order valence-corrected chi connectivity index (χ3v) is 6.70. The fraction of sp³-hybridized carbons (Fsp3) is 0.360. The molecule has 1 aliphatic heterocycles. The molecule has 0 atom stereocenters. The Morgan fingerprint density at radius 2 is 1.95 bits per heavy atom. The molecule has 15 heteroatoms. The number of nitrogens with zero attached hydrogens (tertiary/aromatic N) is 11. The molecule has 0 spiro atoms. The van der Waals surface area contributed by atoms with Gasteiger partial charge in [-0.25, -0.2) is 9.37 Å². The summed E-state index contributed by atoms with van der Waals surface area (Å²) in [5.74, 6) is 2.60. The van der Waals surface area contributed by atoms with Gasteiger partial charge in [-0.15, -0.1) is 5.10 Å². The Bertz CT molecular complexity index is 1590. The number of hydrogen-bond acceptors (Lipinski definition) is 12. The highest BCUT2D eigenvalue weighted by molar-refractivity contribution is 5.53. The summed E-state index contributed by atoms with van der Waals surface area (Å²) in [4.78, 5) is 23.8. The minimum Gasteiger partial charge on any atom is -0.485 e. The number of likely N-dealkylation sites (N-methyl/N-ethyl adjacent to an activating group) is 1. The number of nitrogen functional groups attached to an aromatic ring is 1. The van der Waals surface area contributed by atoms with Crippen LogP contribution in [0.4, 0.5) is 22.0 Å². The summed E-state index contributed by atoms with van der Waals surface area (Å²) < 4.78 is 28.9. The van der Waals surface area contributed by atoms with Crippen LogP contribution in [0.2, 0.25) is 0 Å². The Kier molecular flexibility index (Phi) is 6.86. The van der Waals surface area contributed by atoms with Crippen molar-refractivity contribution in [3.63, 3.8) is 0 Å². The molecule has 2 N–H and O–H groups in total. The molecule has 0 radical (unpaired) electrons. The van der Waals surface area contributed by atoms with E-state index in [2.05, 4.69) is 39.9 Å². The average Bonchev–Trinajstić information content (AvgIpc) is 3.72. The summed E-state index contributed by atoms with van der Waals surface area (Å²) in [6.07, 6.45) is 3.15. The zero-order valence-corrected chi connectivity index (χ0v) is 22.2. The van der Waals surface area contributed by atoms with E-state index in [4.69, 9.17) is 14.9 Å². The van der Waals surface area contributed by atoms with Crippen molar-refractivity contribution in [3.8, 4) is 17.3 Å². The minimum absolute atomic E-state index is 0.184. The number of piperazine rings is 1. The van der Waals surface area contributed by atoms with Gasteiger partial charge in [-0.1, -0.05) is 0 Å². The Balaban J connectivity index is 1.01. The number of fused-ring (bicyclic) bond motifs is 1. The number of furan rings is 1. The summed E-state index contributed by atoms with van der Waals surface area (Å²) >= 11 is 0. The zero-order chi connectivity index (χ0) is 27.6. The van der Waals surface area contributed by atoms with Crippen molar-refractivity contribution in [2.45, 2.75) is 6.61 Å². The first-order valence-electron chi connectivity index (χ1n) is 12.8. The number of anilines is 3. The third kappa shape index (κ3) is 5.36. The van der Waals surface area contributed by atoms with Crippen LogP contribution in [0.15, 0.2) is 47.3 Å². The normalized spacial score (nSPS) is 14.2. The molecule has 0 aliphatic carbocycles. The standard InChI is InChI=1S/C25H29FN12O2/c1-34(24-30-23(27)38-25(31-24)29-22(33-38)20-4-3-13-39-20)7-8-36-9-11-37(12-10-36)19-6-5-17(14-18(19)26)40-15-21-28-16-35(2)32-21/h3-6,13-14,16H,7-12,15H2,1-2H3,(H2,27,29,30,31,33). The number of rotatable bonds is 9. The molecule has 1 aromatic carbocycles. The second-order valence-electron chi connectivity index (χ2n) is 9.49. The third-order valence-electron chi connectivity index (χ3n) is 6.70. The van der Waals surface area contributed by atoms with E-state index in [1.165, 1.54) is 10.6 Å². The van der Waals surface area contributed by atoms with Gasteiger partial charge in [0.1, 0.15) is 24.5 Å². The van der Waals surface area contributed by atoms with Crippen LogP contribution in [0.5, 0.6) is 5.75 Å². The van der Waals surface area contributed by atoms with Crippen molar-refractivity contribution < 1.29 is 13.5 Å². The number of nitrogens with two attached hydrogens (primary N) is 1. The van der Waals surface area contributed by atoms with Crippen LogP contribution in [-0.2, 0) is 13.7 Å². The van der Waals surface area contributed by atoms with Gasteiger partial charge in [-0.3, -0.25) is 9.58 Å². The van der Waals surface area contributed by atoms with E-state index in [0.717, 1.165) is 19.6 Å². The van der Waals surface area contributed by atoms with Crippen LogP contribution in [0.1, 0.15) is 5.82 Å². The van der Waals surface area contributed by atoms with Gasteiger partial charge in [0.15, 0.2) is 11.6 Å². The Morgan fingerprint density at radius 1 is 1.10 bits per heavy atom. The fourth-order valence-corrected chi connectivity index (χ4v) is 4.51. The lowest BCUT2D eigenvalue weighted by Gasteiger charge is -2.36. The molecule has 1 saturated heterocycles. The molecule has 5 heterocycles. The average molecular weight is 549 g/mol. The fourth-order valence-electron chi connectivity index (χ4n) is 4.51. The minimum atomic E-state index is -0.312. The molecule has 1 aliphatic rings. The van der Waals surface area contributed by atoms with Crippen molar-refractivity contribution in [2.75, 3.05) is 61.8 Å². The lowest BCUT2D eigenvalue weighted by molar-refractivity contribution is 0.262. The van der Waals surface area contributed by atoms with Crippen LogP contribution in [-0.4, -0.2) is 90.5 Å². The Hall–Kier alpha value is -4.79. The number of aryl methyl sites for hydroxylation is 1. The van der Waals surface area contributed by atoms with Gasteiger partial charge in [0.25, 0.3) is 5.78 Å². The largest absolute Gasteiger partial charge is 0.485 e. The predicted molar refractivity (Wildman–Crippen MR) is 144 cm³/mol. The summed E-state index contributed by atoms with van der Waals surface area (Å²) in [5, 5.41) is 8.49. The molecule has 0 unspecified atom stereocenters. The molecular weight excluding hydrogens is 519 g/mol. The van der Waals surface area contributed by atoms with Crippen LogP contribution < -0.4 is 20.3 Å². The molecule has 40 heavy (non-hydrogen) atoms. The maximum absolute atomic E-state index is 14.9. The summed E-state index contributed by atoms with van der Waals surface area (Å²) in [7, 11) is 3.69. The van der Waals surface area contributed by atoms with Gasteiger partial charge >= 0.3 is 0 Å². The van der Waals surface area contributed by atoms with Crippen LogP contribution >= 0.6 is 0 Å². The maximum atomic E-state index is 14.9. The number of aromatic nitrogens is 8. The lowest BCUT2D eigenvalue weighted by atomic mass is 10.2. The highest BCUT2D eigenvalue weighted by atomic mass is 19.1. The second kappa shape index (κ2) is 10.8. The molecular formula is C25H29FN12O2. The van der Waals surface area contributed by atoms with Gasteiger partial charge in [0.05, 0.1) is 12.0 Å². The number of benzene rings is 1. The van der Waals surface area contributed by atoms with E-state index in [-0.39, 0.29) is 18.4 Å². The molecule has 6 rings (SSSR count). The van der Waals surface area contributed by atoms with Crippen molar-refractivity contribution in [3.05, 3.63) is 54.6 Å². The first-order valence-corrected chi connectivity index (χ1v) is 12.8. The Morgan fingerprint density at radius 3 is 2.67 bits per heavy atom. The first-order chi connectivity index (χ1) is 19.4. The number of halogens is 1. The smallest absolute Gasteiger partial charge is 0.259 e. The number of hydrogen-bond donors (Lipinski definition) is 1. The van der Waals surface area contributed by atoms with Crippen molar-refractivity contribution in [2.24, 2.45) is 7.05 Å². The summed E-state index contributed by atoms with van der Waals surface area (Å²) in [6.45, 7) is 4.68. The monoisotopic (exact) mass is 548 g/mol. The van der Waals surface area contributed by atoms with Crippen molar-refractivity contribution >= 4 is 23.4 Å². The van der Waals surface area contributed by atoms with E-state index < -0.39 is 0 Å². The van der Waals surface area contributed by atoms with Gasteiger partial charge < -0.3 is 24.7 Å². The van der Waals surface area contributed by atoms with Crippen LogP contribution in [0.25, 0.3) is 17.4 Å². The van der Waals surface area contributed by atoms with Gasteiger partial charge in [0, 0.05) is 59.4 Å². The lowest BCUT2D eigenvalue weighted by Crippen LogP contribution is -2.48. The molecule has 0 saturated carbocycles. The predicted octanol–water partition coefficient (Wildman–Crippen LogP) is 1.47. The van der Waals surface area contributed by atoms with Crippen LogP contribution in [0.3, 0.4) is 0 Å². The maximum Gasteiger partial charge on any atom is 0.259 e. The zero-order valence-electron chi connectivity index (χ0n) is 22.2. The Labute approximate surface area is 228 Å². The van der Waals surface area contributed by atoms with Crippen molar-refractivity contribution in [1.82, 2.24) is 44.2 Å². The quantitative estimate of drug-likeness (QED) is 0.285.